The number of amides is 2. The van der Waals surface area contributed by atoms with Crippen LogP contribution in [0.4, 0.5) is 11.4 Å². The molecule has 0 saturated carbocycles. The zero-order chi connectivity index (χ0) is 23.6. The lowest BCUT2D eigenvalue weighted by molar-refractivity contribution is -0.111. The van der Waals surface area contributed by atoms with Crippen LogP contribution in [0.2, 0.25) is 0 Å². The molecule has 0 radical (unpaired) electrons. The van der Waals surface area contributed by atoms with Crippen molar-refractivity contribution in [3.05, 3.63) is 102 Å². The molecule has 0 atom stereocenters. The molecule has 0 unspecified atom stereocenters. The van der Waals surface area contributed by atoms with Gasteiger partial charge in [0.15, 0.2) is 11.5 Å². The summed E-state index contributed by atoms with van der Waals surface area (Å²) in [6, 6.07) is 19.7. The van der Waals surface area contributed by atoms with Gasteiger partial charge in [-0.1, -0.05) is 43.0 Å². The fourth-order valence-corrected chi connectivity index (χ4v) is 3.09. The van der Waals surface area contributed by atoms with E-state index < -0.39 is 0 Å². The summed E-state index contributed by atoms with van der Waals surface area (Å²) in [7, 11) is 1.56. The summed E-state index contributed by atoms with van der Waals surface area (Å²) in [5.41, 5.74) is 3.35. The van der Waals surface area contributed by atoms with Crippen molar-refractivity contribution in [3.63, 3.8) is 0 Å². The first-order chi connectivity index (χ1) is 16.0. The number of benzene rings is 3. The van der Waals surface area contributed by atoms with Gasteiger partial charge in [0.2, 0.25) is 5.91 Å². The number of methoxy groups -OCH3 is 1. The second-order valence-corrected chi connectivity index (χ2v) is 7.13. The summed E-state index contributed by atoms with van der Waals surface area (Å²) in [5, 5.41) is 5.75. The average molecular weight is 443 g/mol. The van der Waals surface area contributed by atoms with Gasteiger partial charge < -0.3 is 20.1 Å². The Hall–Kier alpha value is -4.32. The van der Waals surface area contributed by atoms with E-state index in [0.717, 1.165) is 11.1 Å². The lowest BCUT2D eigenvalue weighted by Crippen LogP contribution is -2.14. The molecule has 2 N–H and O–H groups in total. The maximum Gasteiger partial charge on any atom is 0.255 e. The maximum atomic E-state index is 12.5. The highest BCUT2D eigenvalue weighted by atomic mass is 16.5. The van der Waals surface area contributed by atoms with E-state index in [-0.39, 0.29) is 11.8 Å². The molecule has 0 aliphatic heterocycles. The number of carbonyl (C=O) groups is 2. The van der Waals surface area contributed by atoms with Gasteiger partial charge in [0, 0.05) is 23.0 Å². The maximum absolute atomic E-state index is 12.5. The number of hydrogen-bond donors (Lipinski definition) is 2. The largest absolute Gasteiger partial charge is 0.493 e. The molecule has 2 amide bonds. The summed E-state index contributed by atoms with van der Waals surface area (Å²) < 4.78 is 10.9. The van der Waals surface area contributed by atoms with E-state index in [2.05, 4.69) is 17.2 Å². The standard InChI is InChI=1S/C27H26N2O4/c1-4-17-33-24-15-13-20(18-25(24)32-3)14-16-26(30)28-22-11-8-12-23(19(22)2)29-27(31)21-9-6-5-7-10-21/h4-16,18H,1,17H2,2-3H3,(H,28,30)(H,29,31)/b16-14+. The topological polar surface area (TPSA) is 76.7 Å². The lowest BCUT2D eigenvalue weighted by atomic mass is 10.1. The Labute approximate surface area is 193 Å². The van der Waals surface area contributed by atoms with Gasteiger partial charge in [-0.05, 0) is 60.5 Å². The second kappa shape index (κ2) is 11.3. The minimum Gasteiger partial charge on any atom is -0.493 e. The predicted molar refractivity (Wildman–Crippen MR) is 132 cm³/mol. The Morgan fingerprint density at radius 3 is 2.36 bits per heavy atom. The van der Waals surface area contributed by atoms with Gasteiger partial charge in [-0.25, -0.2) is 0 Å². The highest BCUT2D eigenvalue weighted by Gasteiger charge is 2.10. The third kappa shape index (κ3) is 6.33. The zero-order valence-corrected chi connectivity index (χ0v) is 18.6. The molecule has 0 aliphatic carbocycles. The fraction of sp³-hybridized carbons (Fsp3) is 0.111. The van der Waals surface area contributed by atoms with Crippen LogP contribution in [-0.2, 0) is 4.79 Å². The summed E-state index contributed by atoms with van der Waals surface area (Å²) in [6.07, 6.45) is 4.78. The molecular weight excluding hydrogens is 416 g/mol. The van der Waals surface area contributed by atoms with Crippen molar-refractivity contribution in [3.8, 4) is 11.5 Å². The van der Waals surface area contributed by atoms with Gasteiger partial charge in [-0.15, -0.1) is 0 Å². The number of rotatable bonds is 9. The molecule has 0 heterocycles. The van der Waals surface area contributed by atoms with E-state index in [9.17, 15) is 9.59 Å². The highest BCUT2D eigenvalue weighted by molar-refractivity contribution is 6.06. The molecule has 0 spiro atoms. The molecule has 6 nitrogen and oxygen atoms in total. The van der Waals surface area contributed by atoms with Crippen LogP contribution in [-0.4, -0.2) is 25.5 Å². The van der Waals surface area contributed by atoms with E-state index in [0.29, 0.717) is 35.0 Å². The van der Waals surface area contributed by atoms with Crippen LogP contribution < -0.4 is 20.1 Å². The molecule has 0 saturated heterocycles. The van der Waals surface area contributed by atoms with Crippen LogP contribution in [0.1, 0.15) is 21.5 Å². The Morgan fingerprint density at radius 2 is 1.67 bits per heavy atom. The van der Waals surface area contributed by atoms with Crippen LogP contribution in [0.5, 0.6) is 11.5 Å². The van der Waals surface area contributed by atoms with Crippen LogP contribution in [0.3, 0.4) is 0 Å². The summed E-state index contributed by atoms with van der Waals surface area (Å²) in [5.74, 6) is 0.660. The minimum absolute atomic E-state index is 0.212. The Bertz CT molecular complexity index is 1170. The van der Waals surface area contributed by atoms with E-state index in [1.165, 1.54) is 6.08 Å². The molecule has 0 fully saturated rings. The second-order valence-electron chi connectivity index (χ2n) is 7.13. The average Bonchev–Trinajstić information content (AvgIpc) is 2.84. The third-order valence-corrected chi connectivity index (χ3v) is 4.85. The van der Waals surface area contributed by atoms with Gasteiger partial charge in [-0.3, -0.25) is 9.59 Å². The first kappa shape index (κ1) is 23.3. The van der Waals surface area contributed by atoms with E-state index in [1.54, 1.807) is 61.7 Å². The smallest absolute Gasteiger partial charge is 0.255 e. The summed E-state index contributed by atoms with van der Waals surface area (Å²) in [6.45, 7) is 5.84. The molecule has 0 bridgehead atoms. The van der Waals surface area contributed by atoms with Gasteiger partial charge >= 0.3 is 0 Å². The Morgan fingerprint density at radius 1 is 0.939 bits per heavy atom. The first-order valence-corrected chi connectivity index (χ1v) is 10.4. The van der Waals surface area contributed by atoms with Crippen LogP contribution in [0.15, 0.2) is 85.5 Å². The number of carbonyl (C=O) groups excluding carboxylic acids is 2. The van der Waals surface area contributed by atoms with Crippen molar-refractivity contribution in [1.29, 1.82) is 0 Å². The molecule has 33 heavy (non-hydrogen) atoms. The third-order valence-electron chi connectivity index (χ3n) is 4.85. The van der Waals surface area contributed by atoms with Gasteiger partial charge in [0.1, 0.15) is 6.61 Å². The SMILES string of the molecule is C=CCOc1ccc(/C=C/C(=O)Nc2cccc(NC(=O)c3ccccc3)c2C)cc1OC. The monoisotopic (exact) mass is 442 g/mol. The Balaban J connectivity index is 1.68. The van der Waals surface area contributed by atoms with Crippen molar-refractivity contribution < 1.29 is 19.1 Å². The highest BCUT2D eigenvalue weighted by Crippen LogP contribution is 2.29. The summed E-state index contributed by atoms with van der Waals surface area (Å²) >= 11 is 0. The molecule has 168 valence electrons. The quantitative estimate of drug-likeness (QED) is 0.340. The number of hydrogen-bond acceptors (Lipinski definition) is 4. The first-order valence-electron chi connectivity index (χ1n) is 10.4. The van der Waals surface area contributed by atoms with E-state index in [4.69, 9.17) is 9.47 Å². The molecule has 3 aromatic rings. The molecule has 0 aliphatic rings. The van der Waals surface area contributed by atoms with Crippen molar-refractivity contribution in [2.45, 2.75) is 6.92 Å². The van der Waals surface area contributed by atoms with Gasteiger partial charge in [0.05, 0.1) is 7.11 Å². The van der Waals surface area contributed by atoms with E-state index in [1.807, 2.05) is 31.2 Å². The predicted octanol–water partition coefficient (Wildman–Crippen LogP) is 5.47. The number of nitrogens with one attached hydrogen (secondary N) is 2. The Kier molecular flexibility index (Phi) is 8.02. The summed E-state index contributed by atoms with van der Waals surface area (Å²) in [4.78, 5) is 25.0. The zero-order valence-electron chi connectivity index (χ0n) is 18.6. The minimum atomic E-state index is -0.296. The molecule has 3 aromatic carbocycles. The number of ether oxygens (including phenoxy) is 2. The lowest BCUT2D eigenvalue weighted by Gasteiger charge is -2.13. The number of anilines is 2. The van der Waals surface area contributed by atoms with E-state index >= 15 is 0 Å². The molecule has 3 rings (SSSR count). The molecule has 0 aromatic heterocycles. The fourth-order valence-electron chi connectivity index (χ4n) is 3.09. The van der Waals surface area contributed by atoms with Gasteiger partial charge in [0.25, 0.3) is 5.91 Å². The van der Waals surface area contributed by atoms with Crippen molar-refractivity contribution in [2.75, 3.05) is 24.4 Å². The van der Waals surface area contributed by atoms with Crippen molar-refractivity contribution in [2.24, 2.45) is 0 Å². The molecule has 6 heteroatoms. The van der Waals surface area contributed by atoms with Crippen LogP contribution in [0, 0.1) is 6.92 Å². The van der Waals surface area contributed by atoms with Crippen molar-refractivity contribution in [1.82, 2.24) is 0 Å². The van der Waals surface area contributed by atoms with Crippen molar-refractivity contribution >= 4 is 29.3 Å². The van der Waals surface area contributed by atoms with Gasteiger partial charge in [-0.2, -0.15) is 0 Å². The normalized spacial score (nSPS) is 10.5. The molecular formula is C27H26N2O4. The van der Waals surface area contributed by atoms with Crippen LogP contribution in [0.25, 0.3) is 6.08 Å². The van der Waals surface area contributed by atoms with Crippen LogP contribution >= 0.6 is 0 Å².